The first-order valence-corrected chi connectivity index (χ1v) is 5.54. The Balaban J connectivity index is 1.91. The molecule has 0 radical (unpaired) electrons. The van der Waals surface area contributed by atoms with E-state index in [0.29, 0.717) is 23.1 Å². The van der Waals surface area contributed by atoms with Gasteiger partial charge in [-0.2, -0.15) is 0 Å². The molecule has 3 heteroatoms. The van der Waals surface area contributed by atoms with Crippen molar-refractivity contribution in [2.75, 3.05) is 5.73 Å². The number of Topliss-reactive ketones (excluding diaryl/α,β-unsaturated/α-hetero) is 1. The summed E-state index contributed by atoms with van der Waals surface area (Å²) in [7, 11) is 0. The number of allylic oxidation sites excluding steroid dienone is 2. The summed E-state index contributed by atoms with van der Waals surface area (Å²) in [5.74, 6) is 0.688. The van der Waals surface area contributed by atoms with Gasteiger partial charge in [0.05, 0.1) is 11.8 Å². The van der Waals surface area contributed by atoms with Crippen molar-refractivity contribution in [1.29, 1.82) is 0 Å². The second-order valence-corrected chi connectivity index (χ2v) is 4.30. The Labute approximate surface area is 93.9 Å². The fourth-order valence-corrected chi connectivity index (χ4v) is 1.62. The normalized spacial score (nSPS) is 17.9. The van der Waals surface area contributed by atoms with Gasteiger partial charge in [-0.15, -0.1) is 0 Å². The summed E-state index contributed by atoms with van der Waals surface area (Å²) in [5, 5.41) is 0. The summed E-state index contributed by atoms with van der Waals surface area (Å²) in [4.78, 5) is 11.9. The Morgan fingerprint density at radius 2 is 2.12 bits per heavy atom. The predicted molar refractivity (Wildman–Crippen MR) is 61.5 cm³/mol. The molecule has 1 saturated carbocycles. The van der Waals surface area contributed by atoms with Crippen molar-refractivity contribution in [2.45, 2.75) is 25.4 Å². The van der Waals surface area contributed by atoms with Gasteiger partial charge in [0.1, 0.15) is 5.75 Å². The first kappa shape index (κ1) is 9.46. The van der Waals surface area contributed by atoms with Crippen molar-refractivity contribution < 1.29 is 9.53 Å². The van der Waals surface area contributed by atoms with E-state index in [1.807, 2.05) is 18.2 Å². The standard InChI is InChI=1S/C13H13NO2/c14-12-10(13(15)8-4-5-8)2-1-3-11(12)16-9-6-7-9/h1-4,9H,5-7,14H2. The van der Waals surface area contributed by atoms with E-state index in [2.05, 4.69) is 0 Å². The first-order chi connectivity index (χ1) is 7.75. The highest BCUT2D eigenvalue weighted by atomic mass is 16.5. The van der Waals surface area contributed by atoms with Crippen molar-refractivity contribution in [1.82, 2.24) is 0 Å². The molecule has 2 N–H and O–H groups in total. The maximum absolute atomic E-state index is 11.9. The molecule has 3 rings (SSSR count). The minimum atomic E-state index is 0.0405. The van der Waals surface area contributed by atoms with Gasteiger partial charge in [-0.1, -0.05) is 12.1 Å². The number of anilines is 1. The van der Waals surface area contributed by atoms with Crippen LogP contribution in [0.15, 0.2) is 29.8 Å². The molecule has 3 nitrogen and oxygen atoms in total. The molecule has 0 heterocycles. The molecule has 2 aliphatic carbocycles. The van der Waals surface area contributed by atoms with Crippen LogP contribution >= 0.6 is 0 Å². The smallest absolute Gasteiger partial charge is 0.191 e. The van der Waals surface area contributed by atoms with Gasteiger partial charge in [0.25, 0.3) is 0 Å². The number of carbonyl (C=O) groups excluding carboxylic acids is 1. The minimum absolute atomic E-state index is 0.0405. The summed E-state index contributed by atoms with van der Waals surface area (Å²) in [5.41, 5.74) is 7.86. The van der Waals surface area contributed by atoms with Crippen LogP contribution in [0.3, 0.4) is 0 Å². The maximum atomic E-state index is 11.9. The van der Waals surface area contributed by atoms with Crippen molar-refractivity contribution in [2.24, 2.45) is 0 Å². The van der Waals surface area contributed by atoms with Crippen LogP contribution in [0.2, 0.25) is 0 Å². The topological polar surface area (TPSA) is 52.3 Å². The SMILES string of the molecule is Nc1c(OC2CC2)cccc1C(=O)C1=CC1. The van der Waals surface area contributed by atoms with E-state index in [9.17, 15) is 4.79 Å². The quantitative estimate of drug-likeness (QED) is 0.619. The Morgan fingerprint density at radius 3 is 2.75 bits per heavy atom. The Bertz CT molecular complexity index is 487. The Morgan fingerprint density at radius 1 is 1.38 bits per heavy atom. The predicted octanol–water partition coefficient (Wildman–Crippen LogP) is 2.32. The van der Waals surface area contributed by atoms with E-state index in [-0.39, 0.29) is 5.78 Å². The van der Waals surface area contributed by atoms with Crippen LogP contribution in [-0.4, -0.2) is 11.9 Å². The molecule has 0 unspecified atom stereocenters. The number of nitrogen functional groups attached to an aromatic ring is 1. The number of ketones is 1. The Hall–Kier alpha value is -1.77. The van der Waals surface area contributed by atoms with Crippen molar-refractivity contribution in [3.05, 3.63) is 35.4 Å². The maximum Gasteiger partial charge on any atom is 0.191 e. The monoisotopic (exact) mass is 215 g/mol. The average Bonchev–Trinajstić information content (AvgIpc) is 3.15. The summed E-state index contributed by atoms with van der Waals surface area (Å²) in [6.45, 7) is 0. The van der Waals surface area contributed by atoms with Gasteiger partial charge in [-0.05, 0) is 31.4 Å². The molecule has 1 aromatic carbocycles. The van der Waals surface area contributed by atoms with Gasteiger partial charge in [0.15, 0.2) is 5.78 Å². The molecule has 0 saturated heterocycles. The van der Waals surface area contributed by atoms with Crippen LogP contribution in [-0.2, 0) is 0 Å². The fraction of sp³-hybridized carbons (Fsp3) is 0.308. The van der Waals surface area contributed by atoms with Crippen LogP contribution in [0.25, 0.3) is 0 Å². The molecule has 0 bridgehead atoms. The molecular formula is C13H13NO2. The lowest BCUT2D eigenvalue weighted by molar-refractivity contribution is 0.103. The number of nitrogens with two attached hydrogens (primary N) is 1. The van der Waals surface area contributed by atoms with Crippen LogP contribution in [0.1, 0.15) is 29.6 Å². The van der Waals surface area contributed by atoms with Crippen LogP contribution in [0.5, 0.6) is 5.75 Å². The fourth-order valence-electron chi connectivity index (χ4n) is 1.62. The summed E-state index contributed by atoms with van der Waals surface area (Å²) in [6.07, 6.45) is 5.18. The summed E-state index contributed by atoms with van der Waals surface area (Å²) >= 11 is 0. The third-order valence-electron chi connectivity index (χ3n) is 2.83. The molecule has 0 atom stereocenters. The van der Waals surface area contributed by atoms with E-state index in [1.165, 1.54) is 0 Å². The number of para-hydroxylation sites is 1. The van der Waals surface area contributed by atoms with E-state index in [4.69, 9.17) is 10.5 Å². The van der Waals surface area contributed by atoms with Gasteiger partial charge in [-0.25, -0.2) is 0 Å². The van der Waals surface area contributed by atoms with E-state index in [0.717, 1.165) is 24.8 Å². The zero-order chi connectivity index (χ0) is 11.1. The second-order valence-electron chi connectivity index (χ2n) is 4.30. The molecule has 0 amide bonds. The van der Waals surface area contributed by atoms with Gasteiger partial charge < -0.3 is 10.5 Å². The molecule has 16 heavy (non-hydrogen) atoms. The number of hydrogen-bond acceptors (Lipinski definition) is 3. The number of benzene rings is 1. The summed E-state index contributed by atoms with van der Waals surface area (Å²) < 4.78 is 5.65. The number of hydrogen-bond donors (Lipinski definition) is 1. The zero-order valence-electron chi connectivity index (χ0n) is 8.90. The van der Waals surface area contributed by atoms with Gasteiger partial charge >= 0.3 is 0 Å². The highest BCUT2D eigenvalue weighted by Crippen LogP contribution is 2.34. The van der Waals surface area contributed by atoms with Crippen molar-refractivity contribution in [3.8, 4) is 5.75 Å². The number of carbonyl (C=O) groups is 1. The molecule has 1 aromatic rings. The zero-order valence-corrected chi connectivity index (χ0v) is 8.90. The molecule has 2 aliphatic rings. The number of rotatable bonds is 4. The second kappa shape index (κ2) is 3.37. The third-order valence-corrected chi connectivity index (χ3v) is 2.83. The minimum Gasteiger partial charge on any atom is -0.488 e. The van der Waals surface area contributed by atoms with E-state index in [1.54, 1.807) is 6.07 Å². The van der Waals surface area contributed by atoms with Gasteiger partial charge in [-0.3, -0.25) is 4.79 Å². The van der Waals surface area contributed by atoms with E-state index < -0.39 is 0 Å². The van der Waals surface area contributed by atoms with Crippen molar-refractivity contribution >= 4 is 11.5 Å². The van der Waals surface area contributed by atoms with Crippen LogP contribution in [0.4, 0.5) is 5.69 Å². The lowest BCUT2D eigenvalue weighted by Gasteiger charge is -2.10. The highest BCUT2D eigenvalue weighted by molar-refractivity contribution is 6.14. The van der Waals surface area contributed by atoms with Crippen LogP contribution in [0, 0.1) is 0 Å². The molecule has 82 valence electrons. The Kier molecular flexibility index (Phi) is 1.99. The average molecular weight is 215 g/mol. The molecule has 1 fully saturated rings. The largest absolute Gasteiger partial charge is 0.488 e. The highest BCUT2D eigenvalue weighted by Gasteiger charge is 2.26. The van der Waals surface area contributed by atoms with Crippen LogP contribution < -0.4 is 10.5 Å². The lowest BCUT2D eigenvalue weighted by atomic mass is 10.1. The van der Waals surface area contributed by atoms with E-state index >= 15 is 0 Å². The third kappa shape index (κ3) is 1.69. The van der Waals surface area contributed by atoms with Gasteiger partial charge in [0, 0.05) is 11.1 Å². The molecule has 0 spiro atoms. The first-order valence-electron chi connectivity index (χ1n) is 5.54. The van der Waals surface area contributed by atoms with Gasteiger partial charge in [0.2, 0.25) is 0 Å². The van der Waals surface area contributed by atoms with Crippen molar-refractivity contribution in [3.63, 3.8) is 0 Å². The molecule has 0 aromatic heterocycles. The molecular weight excluding hydrogens is 202 g/mol. The summed E-state index contributed by atoms with van der Waals surface area (Å²) in [6, 6.07) is 5.41. The molecule has 0 aliphatic heterocycles. The lowest BCUT2D eigenvalue weighted by Crippen LogP contribution is -2.06. The number of ether oxygens (including phenoxy) is 1.